The normalized spacial score (nSPS) is 23.4. The third-order valence-electron chi connectivity index (χ3n) is 6.12. The van der Waals surface area contributed by atoms with E-state index in [1.807, 2.05) is 18.2 Å². The summed E-state index contributed by atoms with van der Waals surface area (Å²) in [6.45, 7) is 9.95. The summed E-state index contributed by atoms with van der Waals surface area (Å²) in [5, 5.41) is 8.70. The molecule has 4 atom stereocenters. The number of carbonyl (C=O) groups excluding carboxylic acids is 2. The van der Waals surface area contributed by atoms with E-state index in [0.717, 1.165) is 19.3 Å². The summed E-state index contributed by atoms with van der Waals surface area (Å²) < 4.78 is 5.64. The summed E-state index contributed by atoms with van der Waals surface area (Å²) >= 11 is 0. The number of hydrogen-bond donors (Lipinski definition) is 1. The minimum Gasteiger partial charge on any atom is -0.481 e. The third-order valence-corrected chi connectivity index (χ3v) is 6.12. The van der Waals surface area contributed by atoms with Crippen molar-refractivity contribution in [2.24, 2.45) is 23.2 Å². The number of allylic oxidation sites excluding steroid dienone is 3. The van der Waals surface area contributed by atoms with Gasteiger partial charge in [-0.15, -0.1) is 0 Å². The maximum atomic E-state index is 12.5. The lowest BCUT2D eigenvalue weighted by molar-refractivity contribution is -0.149. The van der Waals surface area contributed by atoms with Crippen molar-refractivity contribution < 1.29 is 24.2 Å². The van der Waals surface area contributed by atoms with Crippen LogP contribution >= 0.6 is 0 Å². The van der Waals surface area contributed by atoms with Crippen molar-refractivity contribution in [2.45, 2.75) is 92.1 Å². The number of carboxylic acid groups (broad SMARTS) is 1. The molecular formula is C25H40O5. The second kappa shape index (κ2) is 12.7. The molecule has 5 nitrogen and oxygen atoms in total. The molecule has 0 spiro atoms. The maximum absolute atomic E-state index is 12.5. The first-order valence-corrected chi connectivity index (χ1v) is 11.3. The van der Waals surface area contributed by atoms with Crippen LogP contribution in [0, 0.1) is 23.2 Å². The molecule has 1 aliphatic carbocycles. The van der Waals surface area contributed by atoms with Crippen molar-refractivity contribution in [3.8, 4) is 0 Å². The van der Waals surface area contributed by atoms with Gasteiger partial charge in [-0.05, 0) is 43.6 Å². The summed E-state index contributed by atoms with van der Waals surface area (Å²) in [7, 11) is 0. The van der Waals surface area contributed by atoms with Crippen molar-refractivity contribution in [1.29, 1.82) is 0 Å². The molecule has 1 aliphatic rings. The van der Waals surface area contributed by atoms with Crippen molar-refractivity contribution >= 4 is 17.7 Å². The van der Waals surface area contributed by atoms with Crippen LogP contribution in [0.2, 0.25) is 0 Å². The first-order chi connectivity index (χ1) is 14.1. The Balaban J connectivity index is 2.83. The van der Waals surface area contributed by atoms with Gasteiger partial charge in [-0.2, -0.15) is 0 Å². The molecule has 0 bridgehead atoms. The fourth-order valence-corrected chi connectivity index (χ4v) is 4.20. The average Bonchev–Trinajstić information content (AvgIpc) is 2.92. The largest absolute Gasteiger partial charge is 0.481 e. The van der Waals surface area contributed by atoms with Crippen LogP contribution in [-0.4, -0.2) is 28.9 Å². The summed E-state index contributed by atoms with van der Waals surface area (Å²) in [6, 6.07) is 0. The number of unbranched alkanes of at least 4 members (excludes halogenated alkanes) is 2. The second-order valence-corrected chi connectivity index (χ2v) is 9.33. The summed E-state index contributed by atoms with van der Waals surface area (Å²) in [4.78, 5) is 34.8. The maximum Gasteiger partial charge on any atom is 0.303 e. The number of hydrogen-bond acceptors (Lipinski definition) is 4. The minimum atomic E-state index is -0.780. The Morgan fingerprint density at radius 2 is 1.97 bits per heavy atom. The Kier molecular flexibility index (Phi) is 11.1. The van der Waals surface area contributed by atoms with Crippen LogP contribution in [0.15, 0.2) is 24.3 Å². The van der Waals surface area contributed by atoms with E-state index in [4.69, 9.17) is 9.84 Å². The second-order valence-electron chi connectivity index (χ2n) is 9.33. The molecule has 1 saturated carbocycles. The van der Waals surface area contributed by atoms with Crippen LogP contribution in [0.5, 0.6) is 0 Å². The molecule has 5 heteroatoms. The molecule has 170 valence electrons. The zero-order chi connectivity index (χ0) is 22.7. The summed E-state index contributed by atoms with van der Waals surface area (Å²) in [5.74, 6) is -0.467. The Bertz CT molecular complexity index is 631. The van der Waals surface area contributed by atoms with Gasteiger partial charge in [-0.25, -0.2) is 0 Å². The molecule has 1 fully saturated rings. The molecule has 0 unspecified atom stereocenters. The number of carbonyl (C=O) groups is 3. The molecule has 0 aromatic heterocycles. The van der Waals surface area contributed by atoms with Crippen molar-refractivity contribution in [2.75, 3.05) is 0 Å². The van der Waals surface area contributed by atoms with E-state index in [0.29, 0.717) is 25.7 Å². The van der Waals surface area contributed by atoms with Crippen LogP contribution in [0.3, 0.4) is 0 Å². The van der Waals surface area contributed by atoms with Crippen LogP contribution in [-0.2, 0) is 19.1 Å². The fraction of sp³-hybridized carbons (Fsp3) is 0.720. The van der Waals surface area contributed by atoms with Gasteiger partial charge >= 0.3 is 11.9 Å². The Morgan fingerprint density at radius 1 is 1.27 bits per heavy atom. The zero-order valence-electron chi connectivity index (χ0n) is 19.4. The Morgan fingerprint density at radius 3 is 2.57 bits per heavy atom. The lowest BCUT2D eigenvalue weighted by Crippen LogP contribution is -2.32. The number of esters is 1. The zero-order valence-corrected chi connectivity index (χ0v) is 19.4. The predicted molar refractivity (Wildman–Crippen MR) is 119 cm³/mol. The first-order valence-electron chi connectivity index (χ1n) is 11.3. The number of rotatable bonds is 13. The molecule has 1 rings (SSSR count). The van der Waals surface area contributed by atoms with E-state index in [1.165, 1.54) is 6.92 Å². The highest BCUT2D eigenvalue weighted by atomic mass is 16.5. The summed E-state index contributed by atoms with van der Waals surface area (Å²) in [6.07, 6.45) is 13.6. The fourth-order valence-electron chi connectivity index (χ4n) is 4.20. The Labute approximate surface area is 182 Å². The van der Waals surface area contributed by atoms with Gasteiger partial charge in [-0.1, -0.05) is 58.8 Å². The highest BCUT2D eigenvalue weighted by Crippen LogP contribution is 2.39. The van der Waals surface area contributed by atoms with E-state index in [-0.39, 0.29) is 47.4 Å². The van der Waals surface area contributed by atoms with Crippen molar-refractivity contribution in [1.82, 2.24) is 0 Å². The Hall–Kier alpha value is -1.91. The van der Waals surface area contributed by atoms with E-state index in [1.54, 1.807) is 0 Å². The molecule has 0 saturated heterocycles. The molecule has 0 heterocycles. The van der Waals surface area contributed by atoms with Gasteiger partial charge in [0.15, 0.2) is 0 Å². The molecular weight excluding hydrogens is 380 g/mol. The first kappa shape index (κ1) is 26.1. The highest BCUT2D eigenvalue weighted by molar-refractivity contribution is 5.84. The smallest absolute Gasteiger partial charge is 0.303 e. The molecule has 0 aromatic rings. The van der Waals surface area contributed by atoms with E-state index in [2.05, 4.69) is 33.8 Å². The summed E-state index contributed by atoms with van der Waals surface area (Å²) in [5.41, 5.74) is -0.163. The van der Waals surface area contributed by atoms with Crippen LogP contribution < -0.4 is 0 Å². The van der Waals surface area contributed by atoms with Crippen molar-refractivity contribution in [3.63, 3.8) is 0 Å². The molecule has 30 heavy (non-hydrogen) atoms. The van der Waals surface area contributed by atoms with Gasteiger partial charge in [0.05, 0.1) is 0 Å². The quantitative estimate of drug-likeness (QED) is 0.234. The third kappa shape index (κ3) is 8.85. The highest BCUT2D eigenvalue weighted by Gasteiger charge is 2.38. The monoisotopic (exact) mass is 420 g/mol. The number of Topliss-reactive ketones (excluding diaryl/α,β-unsaturated/α-hetero) is 1. The number of carboxylic acids is 1. The minimum absolute atomic E-state index is 0.0660. The van der Waals surface area contributed by atoms with E-state index < -0.39 is 5.97 Å². The molecule has 0 aromatic carbocycles. The van der Waals surface area contributed by atoms with Crippen LogP contribution in [0.1, 0.15) is 86.0 Å². The van der Waals surface area contributed by atoms with Gasteiger partial charge in [-0.3, -0.25) is 14.4 Å². The lowest BCUT2D eigenvalue weighted by atomic mass is 9.79. The number of ether oxygens (including phenoxy) is 1. The van der Waals surface area contributed by atoms with Crippen LogP contribution in [0.4, 0.5) is 0 Å². The standard InChI is InChI=1S/C25H40O5/c1-6-7-16-25(4,5)23(30-19(3)26)15-14-20-18(2)17-22(27)21(20)12-10-8-9-11-13-24(28)29/h8,10,14-15,18,20-21,23H,6-7,9,11-13,16-17H2,1-5H3,(H,28,29)/b10-8-,15-14+/t18-,20+,21-,23-/m1/s1. The molecule has 1 N–H and O–H groups in total. The SMILES string of the molecule is CCCCC(C)(C)[C@@H](/C=C/[C@H]1[C@H](C)CC(=O)[C@@H]1C/C=C\CCCC(=O)O)OC(C)=O. The topological polar surface area (TPSA) is 80.7 Å². The number of ketones is 1. The average molecular weight is 421 g/mol. The van der Waals surface area contributed by atoms with Gasteiger partial charge in [0.1, 0.15) is 11.9 Å². The van der Waals surface area contributed by atoms with Crippen LogP contribution in [0.25, 0.3) is 0 Å². The van der Waals surface area contributed by atoms with Gasteiger partial charge in [0.2, 0.25) is 0 Å². The molecule has 0 aliphatic heterocycles. The van der Waals surface area contributed by atoms with Gasteiger partial charge < -0.3 is 9.84 Å². The predicted octanol–water partition coefficient (Wildman–Crippen LogP) is 5.73. The van der Waals surface area contributed by atoms with Gasteiger partial charge in [0, 0.05) is 31.1 Å². The van der Waals surface area contributed by atoms with Crippen molar-refractivity contribution in [3.05, 3.63) is 24.3 Å². The number of aliphatic carboxylic acids is 1. The van der Waals surface area contributed by atoms with E-state index >= 15 is 0 Å². The van der Waals surface area contributed by atoms with Gasteiger partial charge in [0.25, 0.3) is 0 Å². The molecule has 0 amide bonds. The lowest BCUT2D eigenvalue weighted by Gasteiger charge is -2.32. The molecule has 0 radical (unpaired) electrons. The van der Waals surface area contributed by atoms with E-state index in [9.17, 15) is 14.4 Å².